The largest absolute Gasteiger partial charge is 0.505 e. The lowest BCUT2D eigenvalue weighted by Crippen LogP contribution is -2.17. The fourth-order valence-corrected chi connectivity index (χ4v) is 1.65. The smallest absolute Gasteiger partial charge is 0.394 e. The SMILES string of the molecule is Cc1ncc(CO)c(C=NNC(=O)c2ccncc2)c1O.O=S(=O)(O)O. The van der Waals surface area contributed by atoms with Crippen LogP contribution in [0, 0.1) is 6.92 Å². The van der Waals surface area contributed by atoms with Gasteiger partial charge in [-0.2, -0.15) is 13.5 Å². The van der Waals surface area contributed by atoms with E-state index in [9.17, 15) is 15.0 Å². The summed E-state index contributed by atoms with van der Waals surface area (Å²) in [7, 11) is -4.67. The Morgan fingerprint density at radius 1 is 1.31 bits per heavy atom. The Hall–Kier alpha value is -2.93. The summed E-state index contributed by atoms with van der Waals surface area (Å²) in [5.41, 5.74) is 3.90. The van der Waals surface area contributed by atoms with Crippen molar-refractivity contribution in [2.24, 2.45) is 5.10 Å². The maximum atomic E-state index is 11.8. The average Bonchev–Trinajstić information content (AvgIpc) is 2.58. The van der Waals surface area contributed by atoms with Crippen LogP contribution in [0.5, 0.6) is 5.75 Å². The predicted molar refractivity (Wildman–Crippen MR) is 90.0 cm³/mol. The second-order valence-corrected chi connectivity index (χ2v) is 5.57. The quantitative estimate of drug-likeness (QED) is 0.277. The van der Waals surface area contributed by atoms with Gasteiger partial charge in [-0.3, -0.25) is 23.9 Å². The number of nitrogens with one attached hydrogen (secondary N) is 1. The Balaban J connectivity index is 0.000000597. The number of rotatable bonds is 4. The second-order valence-electron chi connectivity index (χ2n) is 4.67. The van der Waals surface area contributed by atoms with Gasteiger partial charge in [-0.05, 0) is 19.1 Å². The van der Waals surface area contributed by atoms with Gasteiger partial charge < -0.3 is 10.2 Å². The molecular formula is C14H16N4O7S. The van der Waals surface area contributed by atoms with Crippen molar-refractivity contribution in [1.29, 1.82) is 0 Å². The normalized spacial score (nSPS) is 10.9. The minimum atomic E-state index is -4.67. The lowest BCUT2D eigenvalue weighted by molar-refractivity contribution is 0.0955. The van der Waals surface area contributed by atoms with Crippen molar-refractivity contribution in [1.82, 2.24) is 15.4 Å². The Bertz CT molecular complexity index is 878. The standard InChI is InChI=1S/C14H14N4O3.H2O4S/c1-9-13(20)12(11(8-19)6-16-9)7-17-18-14(21)10-2-4-15-5-3-10;1-5(2,3)4/h2-7,19-20H,8H2,1H3,(H,18,21);(H2,1,2,3,4). The van der Waals surface area contributed by atoms with E-state index in [0.29, 0.717) is 22.4 Å². The molecule has 0 aliphatic heterocycles. The van der Waals surface area contributed by atoms with Crippen molar-refractivity contribution in [2.75, 3.05) is 0 Å². The molecule has 0 fully saturated rings. The zero-order valence-electron chi connectivity index (χ0n) is 13.4. The number of pyridine rings is 2. The summed E-state index contributed by atoms with van der Waals surface area (Å²) in [5, 5.41) is 22.9. The van der Waals surface area contributed by atoms with Crippen LogP contribution in [0.4, 0.5) is 0 Å². The molecule has 0 spiro atoms. The molecule has 0 radical (unpaired) electrons. The van der Waals surface area contributed by atoms with Gasteiger partial charge in [0.2, 0.25) is 0 Å². The molecule has 1 amide bonds. The zero-order chi connectivity index (χ0) is 19.7. The van der Waals surface area contributed by atoms with Gasteiger partial charge in [0.05, 0.1) is 18.5 Å². The van der Waals surface area contributed by atoms with Crippen LogP contribution in [0.25, 0.3) is 0 Å². The molecule has 0 bridgehead atoms. The van der Waals surface area contributed by atoms with Crippen LogP contribution in [0.15, 0.2) is 35.8 Å². The molecule has 0 aliphatic carbocycles. The van der Waals surface area contributed by atoms with Gasteiger partial charge in [-0.25, -0.2) is 5.43 Å². The van der Waals surface area contributed by atoms with Gasteiger partial charge in [-0.15, -0.1) is 0 Å². The summed E-state index contributed by atoms with van der Waals surface area (Å²) in [5.74, 6) is -0.479. The van der Waals surface area contributed by atoms with E-state index in [-0.39, 0.29) is 12.4 Å². The number of aromatic nitrogens is 2. The van der Waals surface area contributed by atoms with E-state index >= 15 is 0 Å². The third-order valence-corrected chi connectivity index (χ3v) is 2.83. The van der Waals surface area contributed by atoms with E-state index in [1.165, 1.54) is 24.8 Å². The number of hydrogen-bond donors (Lipinski definition) is 5. The van der Waals surface area contributed by atoms with Crippen LogP contribution in [-0.4, -0.2) is 49.8 Å². The monoisotopic (exact) mass is 384 g/mol. The van der Waals surface area contributed by atoms with Crippen LogP contribution < -0.4 is 5.43 Å². The molecule has 5 N–H and O–H groups in total. The van der Waals surface area contributed by atoms with Crippen LogP contribution in [0.2, 0.25) is 0 Å². The van der Waals surface area contributed by atoms with Crippen molar-refractivity contribution in [3.63, 3.8) is 0 Å². The van der Waals surface area contributed by atoms with Crippen LogP contribution in [0.1, 0.15) is 27.2 Å². The highest BCUT2D eigenvalue weighted by atomic mass is 32.3. The molecule has 0 saturated heterocycles. The predicted octanol–water partition coefficient (Wildman–Crippen LogP) is 0.0940. The molecule has 0 aromatic carbocycles. The molecule has 0 unspecified atom stereocenters. The first-order valence-electron chi connectivity index (χ1n) is 6.85. The molecule has 2 heterocycles. The zero-order valence-corrected chi connectivity index (χ0v) is 14.3. The van der Waals surface area contributed by atoms with E-state index in [1.54, 1.807) is 19.1 Å². The van der Waals surface area contributed by atoms with Crippen molar-refractivity contribution in [2.45, 2.75) is 13.5 Å². The summed E-state index contributed by atoms with van der Waals surface area (Å²) in [4.78, 5) is 19.5. The highest BCUT2D eigenvalue weighted by molar-refractivity contribution is 7.79. The van der Waals surface area contributed by atoms with E-state index in [1.807, 2.05) is 0 Å². The van der Waals surface area contributed by atoms with Crippen molar-refractivity contribution < 1.29 is 32.5 Å². The lowest BCUT2D eigenvalue weighted by Gasteiger charge is -2.07. The molecule has 12 heteroatoms. The summed E-state index contributed by atoms with van der Waals surface area (Å²) < 4.78 is 31.6. The van der Waals surface area contributed by atoms with Gasteiger partial charge in [0.25, 0.3) is 5.91 Å². The number of nitrogens with zero attached hydrogens (tertiary/aromatic N) is 3. The van der Waals surface area contributed by atoms with Crippen molar-refractivity contribution >= 4 is 22.5 Å². The minimum absolute atomic E-state index is 0.0801. The van der Waals surface area contributed by atoms with Crippen LogP contribution in [-0.2, 0) is 17.0 Å². The van der Waals surface area contributed by atoms with E-state index in [2.05, 4.69) is 20.5 Å². The highest BCUT2D eigenvalue weighted by Crippen LogP contribution is 2.21. The first-order chi connectivity index (χ1) is 12.1. The molecule has 0 saturated carbocycles. The Kier molecular flexibility index (Phi) is 7.74. The number of amides is 1. The average molecular weight is 384 g/mol. The summed E-state index contributed by atoms with van der Waals surface area (Å²) in [6, 6.07) is 3.11. The fourth-order valence-electron chi connectivity index (χ4n) is 1.65. The molecule has 0 atom stereocenters. The number of aromatic hydroxyl groups is 1. The van der Waals surface area contributed by atoms with Gasteiger partial charge >= 0.3 is 10.4 Å². The highest BCUT2D eigenvalue weighted by Gasteiger charge is 2.09. The number of aliphatic hydroxyl groups is 1. The van der Waals surface area contributed by atoms with Gasteiger partial charge in [0.1, 0.15) is 5.75 Å². The molecule has 2 aromatic heterocycles. The van der Waals surface area contributed by atoms with E-state index < -0.39 is 16.3 Å². The fraction of sp³-hybridized carbons (Fsp3) is 0.143. The number of aliphatic hydroxyl groups excluding tert-OH is 1. The molecule has 2 rings (SSSR count). The van der Waals surface area contributed by atoms with Crippen molar-refractivity contribution in [3.05, 3.63) is 53.1 Å². The van der Waals surface area contributed by atoms with Gasteiger partial charge in [0.15, 0.2) is 0 Å². The van der Waals surface area contributed by atoms with E-state index in [4.69, 9.17) is 17.5 Å². The molecule has 0 aliphatic rings. The van der Waals surface area contributed by atoms with E-state index in [0.717, 1.165) is 0 Å². The molecule has 2 aromatic rings. The summed E-state index contributed by atoms with van der Waals surface area (Å²) in [6.45, 7) is 1.34. The Morgan fingerprint density at radius 2 is 1.88 bits per heavy atom. The van der Waals surface area contributed by atoms with Crippen molar-refractivity contribution in [3.8, 4) is 5.75 Å². The van der Waals surface area contributed by atoms with Gasteiger partial charge in [0, 0.05) is 35.3 Å². The first-order valence-corrected chi connectivity index (χ1v) is 8.24. The molecule has 26 heavy (non-hydrogen) atoms. The first kappa shape index (κ1) is 21.1. The topological polar surface area (TPSA) is 182 Å². The van der Waals surface area contributed by atoms with Crippen LogP contribution >= 0.6 is 0 Å². The molecule has 140 valence electrons. The number of carbonyl (C=O) groups is 1. The number of hydrazone groups is 1. The number of carbonyl (C=O) groups excluding carboxylic acids is 1. The molecule has 11 nitrogen and oxygen atoms in total. The third kappa shape index (κ3) is 7.31. The third-order valence-electron chi connectivity index (χ3n) is 2.83. The minimum Gasteiger partial charge on any atom is -0.505 e. The Morgan fingerprint density at radius 3 is 2.42 bits per heavy atom. The maximum absolute atomic E-state index is 11.8. The summed E-state index contributed by atoms with van der Waals surface area (Å²) in [6.07, 6.45) is 5.72. The molecular weight excluding hydrogens is 368 g/mol. The maximum Gasteiger partial charge on any atom is 0.394 e. The van der Waals surface area contributed by atoms with Crippen LogP contribution in [0.3, 0.4) is 0 Å². The number of aryl methyl sites for hydroxylation is 1. The second kappa shape index (κ2) is 9.53. The number of hydrogen-bond acceptors (Lipinski definition) is 8. The Labute approximate surface area is 148 Å². The summed E-state index contributed by atoms with van der Waals surface area (Å²) >= 11 is 0. The lowest BCUT2D eigenvalue weighted by atomic mass is 10.1. The van der Waals surface area contributed by atoms with Gasteiger partial charge in [-0.1, -0.05) is 0 Å².